The molecule has 0 bridgehead atoms. The first-order valence-corrected chi connectivity index (χ1v) is 6.13. The van der Waals surface area contributed by atoms with Crippen molar-refractivity contribution in [3.05, 3.63) is 30.2 Å². The number of fused-ring (bicyclic) bond motifs is 1. The highest BCUT2D eigenvalue weighted by Crippen LogP contribution is 2.19. The maximum absolute atomic E-state index is 11.2. The lowest BCUT2D eigenvalue weighted by Crippen LogP contribution is -2.36. The predicted molar refractivity (Wildman–Crippen MR) is 68.4 cm³/mol. The number of halogens is 1. The lowest BCUT2D eigenvalue weighted by molar-refractivity contribution is 0.107. The lowest BCUT2D eigenvalue weighted by atomic mass is 10.3. The minimum Gasteiger partial charge on any atom is -0.378 e. The van der Waals surface area contributed by atoms with Crippen molar-refractivity contribution in [1.82, 2.24) is 9.38 Å². The van der Waals surface area contributed by atoms with Crippen molar-refractivity contribution in [3.63, 3.8) is 0 Å². The molecule has 0 radical (unpaired) electrons. The van der Waals surface area contributed by atoms with Crippen molar-refractivity contribution in [2.45, 2.75) is 0 Å². The van der Waals surface area contributed by atoms with Crippen LogP contribution in [0.25, 0.3) is 5.65 Å². The summed E-state index contributed by atoms with van der Waals surface area (Å²) in [5.74, 6) is 0. The average molecular weight is 266 g/mol. The van der Waals surface area contributed by atoms with Crippen LogP contribution in [0.1, 0.15) is 10.5 Å². The number of hydrogen-bond acceptors (Lipinski definition) is 4. The summed E-state index contributed by atoms with van der Waals surface area (Å²) >= 11 is 5.49. The maximum atomic E-state index is 11.2. The zero-order chi connectivity index (χ0) is 12.5. The molecule has 0 N–H and O–H groups in total. The fraction of sp³-hybridized carbons (Fsp3) is 0.333. The van der Waals surface area contributed by atoms with Crippen LogP contribution in [0.5, 0.6) is 0 Å². The Morgan fingerprint density at radius 2 is 2.17 bits per heavy atom. The summed E-state index contributed by atoms with van der Waals surface area (Å²) in [5, 5.41) is -0.498. The van der Waals surface area contributed by atoms with Crippen LogP contribution in [0, 0.1) is 0 Å². The van der Waals surface area contributed by atoms with Gasteiger partial charge in [0.05, 0.1) is 19.4 Å². The van der Waals surface area contributed by atoms with Gasteiger partial charge in [-0.2, -0.15) is 0 Å². The molecule has 5 nitrogen and oxygen atoms in total. The van der Waals surface area contributed by atoms with Gasteiger partial charge in [0.1, 0.15) is 11.3 Å². The second-order valence-corrected chi connectivity index (χ2v) is 4.47. The molecule has 0 unspecified atom stereocenters. The van der Waals surface area contributed by atoms with Gasteiger partial charge in [0.2, 0.25) is 0 Å². The second kappa shape index (κ2) is 4.59. The van der Waals surface area contributed by atoms with Gasteiger partial charge in [-0.15, -0.1) is 0 Å². The van der Waals surface area contributed by atoms with Crippen LogP contribution in [0.4, 0.5) is 5.69 Å². The molecular formula is C12H12ClN3O2. The Hall–Kier alpha value is -1.59. The number of pyridine rings is 1. The minimum atomic E-state index is -0.498. The monoisotopic (exact) mass is 265 g/mol. The Morgan fingerprint density at radius 3 is 2.89 bits per heavy atom. The van der Waals surface area contributed by atoms with Crippen LogP contribution in [0.2, 0.25) is 0 Å². The molecule has 1 aliphatic heterocycles. The van der Waals surface area contributed by atoms with Crippen LogP contribution >= 0.6 is 11.6 Å². The SMILES string of the molecule is O=C(Cl)c1cnc2cc(N3CCOCC3)ccn12. The fourth-order valence-corrected chi connectivity index (χ4v) is 2.27. The highest BCUT2D eigenvalue weighted by Gasteiger charge is 2.14. The third-order valence-electron chi connectivity index (χ3n) is 3.07. The molecule has 2 aromatic rings. The summed E-state index contributed by atoms with van der Waals surface area (Å²) in [6.45, 7) is 3.23. The van der Waals surface area contributed by atoms with Crippen molar-refractivity contribution in [2.75, 3.05) is 31.2 Å². The van der Waals surface area contributed by atoms with E-state index in [1.165, 1.54) is 6.20 Å². The van der Waals surface area contributed by atoms with Gasteiger partial charge in [-0.05, 0) is 17.7 Å². The molecule has 18 heavy (non-hydrogen) atoms. The molecule has 0 spiro atoms. The molecule has 0 atom stereocenters. The molecular weight excluding hydrogens is 254 g/mol. The van der Waals surface area contributed by atoms with E-state index in [-0.39, 0.29) is 0 Å². The number of carbonyl (C=O) groups excluding carboxylic acids is 1. The second-order valence-electron chi connectivity index (χ2n) is 4.13. The summed E-state index contributed by atoms with van der Waals surface area (Å²) < 4.78 is 7.01. The first-order chi connectivity index (χ1) is 8.75. The highest BCUT2D eigenvalue weighted by molar-refractivity contribution is 6.67. The molecule has 0 saturated carbocycles. The third-order valence-corrected chi connectivity index (χ3v) is 3.27. The van der Waals surface area contributed by atoms with E-state index in [2.05, 4.69) is 9.88 Å². The average Bonchev–Trinajstić information content (AvgIpc) is 2.82. The summed E-state index contributed by atoms with van der Waals surface area (Å²) in [4.78, 5) is 17.6. The minimum absolute atomic E-state index is 0.389. The van der Waals surface area contributed by atoms with Crippen molar-refractivity contribution >= 4 is 28.2 Å². The Morgan fingerprint density at radius 1 is 1.39 bits per heavy atom. The molecule has 0 aromatic carbocycles. The predicted octanol–water partition coefficient (Wildman–Crippen LogP) is 1.55. The van der Waals surface area contributed by atoms with E-state index in [0.717, 1.165) is 37.6 Å². The number of anilines is 1. The Balaban J connectivity index is 1.98. The van der Waals surface area contributed by atoms with Crippen molar-refractivity contribution in [1.29, 1.82) is 0 Å². The number of ether oxygens (including phenoxy) is 1. The number of rotatable bonds is 2. The largest absolute Gasteiger partial charge is 0.378 e. The molecule has 94 valence electrons. The molecule has 0 aliphatic carbocycles. The zero-order valence-electron chi connectivity index (χ0n) is 9.67. The van der Waals surface area contributed by atoms with Crippen LogP contribution in [-0.2, 0) is 4.74 Å². The number of carbonyl (C=O) groups is 1. The van der Waals surface area contributed by atoms with E-state index in [0.29, 0.717) is 5.69 Å². The summed E-state index contributed by atoms with van der Waals surface area (Å²) in [6.07, 6.45) is 3.32. The number of hydrogen-bond donors (Lipinski definition) is 0. The highest BCUT2D eigenvalue weighted by atomic mass is 35.5. The molecule has 6 heteroatoms. The molecule has 2 aromatic heterocycles. The van der Waals surface area contributed by atoms with E-state index in [4.69, 9.17) is 16.3 Å². The molecule has 1 aliphatic rings. The van der Waals surface area contributed by atoms with Gasteiger partial charge in [-0.25, -0.2) is 4.98 Å². The van der Waals surface area contributed by atoms with E-state index in [9.17, 15) is 4.79 Å². The summed E-state index contributed by atoms with van der Waals surface area (Å²) in [7, 11) is 0. The van der Waals surface area contributed by atoms with Crippen LogP contribution < -0.4 is 4.90 Å². The van der Waals surface area contributed by atoms with E-state index in [1.54, 1.807) is 4.40 Å². The number of morpholine rings is 1. The van der Waals surface area contributed by atoms with E-state index < -0.39 is 5.24 Å². The molecule has 3 heterocycles. The number of nitrogens with zero attached hydrogens (tertiary/aromatic N) is 3. The first kappa shape index (κ1) is 11.5. The lowest BCUT2D eigenvalue weighted by Gasteiger charge is -2.28. The maximum Gasteiger partial charge on any atom is 0.270 e. The van der Waals surface area contributed by atoms with Crippen LogP contribution in [0.3, 0.4) is 0 Å². The Labute approximate surface area is 109 Å². The van der Waals surface area contributed by atoms with Gasteiger partial charge >= 0.3 is 0 Å². The van der Waals surface area contributed by atoms with E-state index in [1.807, 2.05) is 18.3 Å². The summed E-state index contributed by atoms with van der Waals surface area (Å²) in [5.41, 5.74) is 2.20. The van der Waals surface area contributed by atoms with Crippen LogP contribution in [-0.4, -0.2) is 40.9 Å². The van der Waals surface area contributed by atoms with Crippen LogP contribution in [0.15, 0.2) is 24.5 Å². The van der Waals surface area contributed by atoms with Crippen molar-refractivity contribution < 1.29 is 9.53 Å². The van der Waals surface area contributed by atoms with Crippen molar-refractivity contribution in [3.8, 4) is 0 Å². The van der Waals surface area contributed by atoms with Gasteiger partial charge in [-0.1, -0.05) is 0 Å². The Kier molecular flexibility index (Phi) is 2.93. The molecule has 0 amide bonds. The third kappa shape index (κ3) is 1.95. The molecule has 1 saturated heterocycles. The van der Waals surface area contributed by atoms with E-state index >= 15 is 0 Å². The number of aromatic nitrogens is 2. The number of imidazole rings is 1. The Bertz CT molecular complexity index is 590. The molecule has 1 fully saturated rings. The van der Waals surface area contributed by atoms with Gasteiger partial charge < -0.3 is 9.64 Å². The normalized spacial score (nSPS) is 16.2. The fourth-order valence-electron chi connectivity index (χ4n) is 2.13. The van der Waals surface area contributed by atoms with Gasteiger partial charge in [0.15, 0.2) is 0 Å². The molecule has 3 rings (SSSR count). The zero-order valence-corrected chi connectivity index (χ0v) is 10.4. The van der Waals surface area contributed by atoms with Gasteiger partial charge in [0, 0.05) is 31.0 Å². The first-order valence-electron chi connectivity index (χ1n) is 5.75. The van der Waals surface area contributed by atoms with Gasteiger partial charge in [-0.3, -0.25) is 9.20 Å². The quantitative estimate of drug-likeness (QED) is 0.773. The smallest absolute Gasteiger partial charge is 0.270 e. The standard InChI is InChI=1S/C12H12ClN3O2/c13-12(17)10-8-14-11-7-9(1-2-16(10)11)15-3-5-18-6-4-15/h1-2,7-8H,3-6H2. The summed E-state index contributed by atoms with van der Waals surface area (Å²) in [6, 6.07) is 3.91. The van der Waals surface area contributed by atoms with Crippen molar-refractivity contribution in [2.24, 2.45) is 0 Å². The topological polar surface area (TPSA) is 46.8 Å². The van der Waals surface area contributed by atoms with Gasteiger partial charge in [0.25, 0.3) is 5.24 Å².